The Kier molecular flexibility index (Phi) is 7.25. The van der Waals surface area contributed by atoms with Crippen molar-refractivity contribution in [3.63, 3.8) is 0 Å². The minimum atomic E-state index is -3.53. The maximum Gasteiger partial charge on any atom is 0.253 e. The van der Waals surface area contributed by atoms with Crippen LogP contribution in [0.2, 0.25) is 0 Å². The molecular formula is C25H32N4O3S2. The van der Waals surface area contributed by atoms with Crippen LogP contribution in [0.1, 0.15) is 49.5 Å². The Labute approximate surface area is 206 Å². The first kappa shape index (κ1) is 24.6. The van der Waals surface area contributed by atoms with Gasteiger partial charge in [-0.2, -0.15) is 4.31 Å². The van der Waals surface area contributed by atoms with E-state index in [-0.39, 0.29) is 10.8 Å². The minimum Gasteiger partial charge on any atom is -0.345 e. The highest BCUT2D eigenvalue weighted by Crippen LogP contribution is 2.34. The summed E-state index contributed by atoms with van der Waals surface area (Å²) in [7, 11) is -3.53. The first-order valence-electron chi connectivity index (χ1n) is 11.8. The van der Waals surface area contributed by atoms with Crippen LogP contribution in [-0.2, 0) is 10.0 Å². The Morgan fingerprint density at radius 2 is 1.68 bits per heavy atom. The number of fused-ring (bicyclic) bond motifs is 1. The zero-order valence-electron chi connectivity index (χ0n) is 20.2. The van der Waals surface area contributed by atoms with Crippen LogP contribution in [0.5, 0.6) is 0 Å². The van der Waals surface area contributed by atoms with Crippen molar-refractivity contribution < 1.29 is 13.2 Å². The van der Waals surface area contributed by atoms with Gasteiger partial charge < -0.3 is 9.80 Å². The summed E-state index contributed by atoms with van der Waals surface area (Å²) in [5.74, 6) is 0.347. The lowest BCUT2D eigenvalue weighted by molar-refractivity contribution is 0.0746. The second-order valence-corrected chi connectivity index (χ2v) is 11.7. The molecule has 0 N–H and O–H groups in total. The van der Waals surface area contributed by atoms with Gasteiger partial charge in [-0.15, -0.1) is 0 Å². The van der Waals surface area contributed by atoms with Crippen molar-refractivity contribution in [1.82, 2.24) is 14.2 Å². The summed E-state index contributed by atoms with van der Waals surface area (Å²) >= 11 is 1.70. The number of hydrogen-bond donors (Lipinski definition) is 0. The fourth-order valence-electron chi connectivity index (χ4n) is 4.32. The van der Waals surface area contributed by atoms with E-state index < -0.39 is 10.0 Å². The molecule has 0 radical (unpaired) electrons. The second-order valence-electron chi connectivity index (χ2n) is 8.74. The van der Waals surface area contributed by atoms with Crippen LogP contribution in [0.15, 0.2) is 47.4 Å². The van der Waals surface area contributed by atoms with Crippen LogP contribution in [0.4, 0.5) is 5.13 Å². The predicted molar refractivity (Wildman–Crippen MR) is 138 cm³/mol. The topological polar surface area (TPSA) is 73.8 Å². The van der Waals surface area contributed by atoms with Crippen LogP contribution in [0, 0.1) is 0 Å². The Morgan fingerprint density at radius 1 is 1.03 bits per heavy atom. The molecule has 0 unspecified atom stereocenters. The van der Waals surface area contributed by atoms with Crippen LogP contribution in [0.25, 0.3) is 10.2 Å². The van der Waals surface area contributed by atoms with Crippen molar-refractivity contribution in [1.29, 1.82) is 0 Å². The average molecular weight is 501 g/mol. The standard InChI is InChI=1S/C25H32N4O3S2/c1-5-29(6-2)34(31,32)20-12-10-19(11-13-20)24(30)27-14-16-28(17-15-27)25-26-23-21(18(3)4)8-7-9-22(23)33-25/h7-13,18H,5-6,14-17H2,1-4H3. The number of thiazole rings is 1. The van der Waals surface area contributed by atoms with E-state index in [0.29, 0.717) is 37.7 Å². The number of aromatic nitrogens is 1. The number of amides is 1. The molecule has 1 aliphatic heterocycles. The van der Waals surface area contributed by atoms with Gasteiger partial charge in [0.15, 0.2) is 5.13 Å². The molecule has 4 rings (SSSR count). The lowest BCUT2D eigenvalue weighted by Gasteiger charge is -2.34. The van der Waals surface area contributed by atoms with Crippen molar-refractivity contribution in [2.24, 2.45) is 0 Å². The maximum atomic E-state index is 13.0. The molecule has 9 heteroatoms. The van der Waals surface area contributed by atoms with Gasteiger partial charge >= 0.3 is 0 Å². The van der Waals surface area contributed by atoms with E-state index in [1.807, 2.05) is 18.7 Å². The summed E-state index contributed by atoms with van der Waals surface area (Å²) in [6, 6.07) is 12.7. The number of benzene rings is 2. The number of sulfonamides is 1. The molecule has 3 aromatic rings. The van der Waals surface area contributed by atoms with Gasteiger partial charge in [-0.05, 0) is 41.8 Å². The number of rotatable bonds is 7. The van der Waals surface area contributed by atoms with Crippen LogP contribution in [-0.4, -0.2) is 67.8 Å². The summed E-state index contributed by atoms with van der Waals surface area (Å²) in [5.41, 5.74) is 2.85. The second kappa shape index (κ2) is 10.0. The molecule has 1 fully saturated rings. The van der Waals surface area contributed by atoms with Gasteiger partial charge in [0.2, 0.25) is 10.0 Å². The normalized spacial score (nSPS) is 15.0. The lowest BCUT2D eigenvalue weighted by atomic mass is 10.0. The number of carbonyl (C=O) groups excluding carboxylic acids is 1. The highest BCUT2D eigenvalue weighted by atomic mass is 32.2. The predicted octanol–water partition coefficient (Wildman–Crippen LogP) is 4.41. The van der Waals surface area contributed by atoms with Crippen LogP contribution >= 0.6 is 11.3 Å². The minimum absolute atomic E-state index is 0.0715. The summed E-state index contributed by atoms with van der Waals surface area (Å²) in [6.45, 7) is 11.5. The van der Waals surface area contributed by atoms with E-state index in [1.165, 1.54) is 26.7 Å². The molecular weight excluding hydrogens is 468 g/mol. The lowest BCUT2D eigenvalue weighted by Crippen LogP contribution is -2.48. The van der Waals surface area contributed by atoms with Gasteiger partial charge in [-0.1, -0.05) is 51.2 Å². The molecule has 0 aliphatic carbocycles. The number of anilines is 1. The SMILES string of the molecule is CCN(CC)S(=O)(=O)c1ccc(C(=O)N2CCN(c3nc4c(C(C)C)cccc4s3)CC2)cc1. The van der Waals surface area contributed by atoms with Gasteiger partial charge in [0.1, 0.15) is 0 Å². The van der Waals surface area contributed by atoms with Crippen molar-refractivity contribution >= 4 is 42.6 Å². The third kappa shape index (κ3) is 4.69. The van der Waals surface area contributed by atoms with Gasteiger partial charge in [0.05, 0.1) is 15.1 Å². The van der Waals surface area contributed by atoms with E-state index in [9.17, 15) is 13.2 Å². The first-order chi connectivity index (χ1) is 16.3. The van der Waals surface area contributed by atoms with Crippen molar-refractivity contribution in [2.75, 3.05) is 44.2 Å². The van der Waals surface area contributed by atoms with Crippen molar-refractivity contribution in [3.8, 4) is 0 Å². The largest absolute Gasteiger partial charge is 0.345 e. The molecule has 1 aromatic heterocycles. The summed E-state index contributed by atoms with van der Waals surface area (Å²) < 4.78 is 28.0. The number of nitrogens with zero attached hydrogens (tertiary/aromatic N) is 4. The molecule has 1 saturated heterocycles. The molecule has 34 heavy (non-hydrogen) atoms. The summed E-state index contributed by atoms with van der Waals surface area (Å²) in [4.78, 5) is 22.3. The molecule has 2 heterocycles. The van der Waals surface area contributed by atoms with Crippen LogP contribution in [0.3, 0.4) is 0 Å². The first-order valence-corrected chi connectivity index (χ1v) is 14.1. The molecule has 7 nitrogen and oxygen atoms in total. The van der Waals surface area contributed by atoms with Crippen molar-refractivity contribution in [3.05, 3.63) is 53.6 Å². The van der Waals surface area contributed by atoms with Gasteiger partial charge in [-0.25, -0.2) is 13.4 Å². The maximum absolute atomic E-state index is 13.0. The summed E-state index contributed by atoms with van der Waals surface area (Å²) in [5, 5.41) is 1.00. The molecule has 182 valence electrons. The Hall–Kier alpha value is -2.49. The Bertz CT molecular complexity index is 1260. The van der Waals surface area contributed by atoms with Gasteiger partial charge in [0, 0.05) is 44.8 Å². The van der Waals surface area contributed by atoms with E-state index in [0.717, 1.165) is 23.7 Å². The quantitative estimate of drug-likeness (QED) is 0.480. The highest BCUT2D eigenvalue weighted by Gasteiger charge is 2.26. The molecule has 1 aliphatic rings. The van der Waals surface area contributed by atoms with E-state index in [1.54, 1.807) is 23.5 Å². The number of para-hydroxylation sites is 1. The zero-order chi connectivity index (χ0) is 24.5. The molecule has 0 spiro atoms. The summed E-state index contributed by atoms with van der Waals surface area (Å²) in [6.07, 6.45) is 0. The molecule has 0 atom stereocenters. The number of hydrogen-bond acceptors (Lipinski definition) is 6. The van der Waals surface area contributed by atoms with E-state index >= 15 is 0 Å². The Morgan fingerprint density at radius 3 is 2.26 bits per heavy atom. The van der Waals surface area contributed by atoms with Crippen molar-refractivity contribution in [2.45, 2.75) is 38.5 Å². The number of piperazine rings is 1. The number of carbonyl (C=O) groups is 1. The smallest absolute Gasteiger partial charge is 0.253 e. The van der Waals surface area contributed by atoms with Crippen LogP contribution < -0.4 is 4.90 Å². The average Bonchev–Trinajstić information content (AvgIpc) is 3.29. The fourth-order valence-corrected chi connectivity index (χ4v) is 6.83. The molecule has 1 amide bonds. The van der Waals surface area contributed by atoms with Gasteiger partial charge in [-0.3, -0.25) is 4.79 Å². The monoisotopic (exact) mass is 500 g/mol. The molecule has 0 saturated carbocycles. The Balaban J connectivity index is 1.43. The third-order valence-electron chi connectivity index (χ3n) is 6.34. The zero-order valence-corrected chi connectivity index (χ0v) is 21.8. The van der Waals surface area contributed by atoms with Gasteiger partial charge in [0.25, 0.3) is 5.91 Å². The third-order valence-corrected chi connectivity index (χ3v) is 9.49. The fraction of sp³-hybridized carbons (Fsp3) is 0.440. The van der Waals surface area contributed by atoms with E-state index in [2.05, 4.69) is 36.9 Å². The highest BCUT2D eigenvalue weighted by molar-refractivity contribution is 7.89. The van der Waals surface area contributed by atoms with E-state index in [4.69, 9.17) is 4.98 Å². The molecule has 2 aromatic carbocycles. The molecule has 0 bridgehead atoms.